The summed E-state index contributed by atoms with van der Waals surface area (Å²) < 4.78 is 7.14. The minimum atomic E-state index is -1.75. The third-order valence-corrected chi connectivity index (χ3v) is 5.41. The number of nitriles is 1. The molecule has 0 saturated carbocycles. The minimum absolute atomic E-state index is 0.113. The molecule has 1 spiro atoms. The molecular weight excluding hydrogens is 402 g/mol. The highest BCUT2D eigenvalue weighted by molar-refractivity contribution is 6.13. The summed E-state index contributed by atoms with van der Waals surface area (Å²) in [5, 5.41) is 28.5. The first-order valence-electron chi connectivity index (χ1n) is 9.09. The predicted molar refractivity (Wildman–Crippen MR) is 106 cm³/mol. The second-order valence-corrected chi connectivity index (χ2v) is 7.01. The van der Waals surface area contributed by atoms with Crippen molar-refractivity contribution in [1.29, 1.82) is 5.26 Å². The summed E-state index contributed by atoms with van der Waals surface area (Å²) in [4.78, 5) is 28.5. The number of pyridine rings is 1. The number of hydrogen-bond acceptors (Lipinski definition) is 8. The quantitative estimate of drug-likeness (QED) is 0.473. The number of anilines is 1. The maximum Gasteiger partial charge on any atom is 0.269 e. The molecule has 0 fully saturated rings. The number of fused-ring (bicyclic) bond motifs is 4. The molecule has 0 bridgehead atoms. The van der Waals surface area contributed by atoms with Crippen molar-refractivity contribution in [3.8, 4) is 17.8 Å². The fourth-order valence-electron chi connectivity index (χ4n) is 4.17. The molecule has 11 nitrogen and oxygen atoms in total. The van der Waals surface area contributed by atoms with Gasteiger partial charge < -0.3 is 15.8 Å². The SMILES string of the molecule is Cc1nn(-c2ccccn2)c2c1C1(C(=O)Nc3ccc([N+](=O)[O-])cc31)C(C#N)=C(N)O2. The van der Waals surface area contributed by atoms with Gasteiger partial charge in [0.1, 0.15) is 17.1 Å². The van der Waals surface area contributed by atoms with Crippen molar-refractivity contribution >= 4 is 17.3 Å². The second-order valence-electron chi connectivity index (χ2n) is 7.01. The summed E-state index contributed by atoms with van der Waals surface area (Å²) in [5.41, 5.74) is 5.19. The van der Waals surface area contributed by atoms with Crippen LogP contribution in [-0.4, -0.2) is 25.6 Å². The van der Waals surface area contributed by atoms with E-state index in [1.54, 1.807) is 31.3 Å². The van der Waals surface area contributed by atoms with Crippen LogP contribution in [-0.2, 0) is 10.2 Å². The van der Waals surface area contributed by atoms with Crippen molar-refractivity contribution in [1.82, 2.24) is 14.8 Å². The van der Waals surface area contributed by atoms with Crippen LogP contribution in [0, 0.1) is 28.4 Å². The Labute approximate surface area is 174 Å². The number of nitrogens with two attached hydrogens (primary N) is 1. The van der Waals surface area contributed by atoms with Crippen LogP contribution < -0.4 is 15.8 Å². The van der Waals surface area contributed by atoms with Crippen molar-refractivity contribution in [3.63, 3.8) is 0 Å². The van der Waals surface area contributed by atoms with Crippen LogP contribution in [0.25, 0.3) is 5.82 Å². The van der Waals surface area contributed by atoms with E-state index in [0.29, 0.717) is 17.2 Å². The number of ether oxygens (including phenoxy) is 1. The Morgan fingerprint density at radius 2 is 2.16 bits per heavy atom. The van der Waals surface area contributed by atoms with Gasteiger partial charge in [-0.25, -0.2) is 4.98 Å². The summed E-state index contributed by atoms with van der Waals surface area (Å²) in [6.45, 7) is 1.66. The van der Waals surface area contributed by atoms with Crippen LogP contribution >= 0.6 is 0 Å². The van der Waals surface area contributed by atoms with Crippen molar-refractivity contribution in [3.05, 3.63) is 81.0 Å². The summed E-state index contributed by atoms with van der Waals surface area (Å²) in [7, 11) is 0. The molecular formula is C20H13N7O4. The standard InChI is InChI=1S/C20H13N7O4/c1-10-16-18(26(25-10)15-4-2-3-7-23-15)31-17(22)13(9-21)20(16)12-8-11(27(29)30)5-6-14(12)24-19(20)28/h2-8H,22H2,1H3,(H,24,28). The monoisotopic (exact) mass is 415 g/mol. The van der Waals surface area contributed by atoms with Gasteiger partial charge in [0, 0.05) is 29.6 Å². The van der Waals surface area contributed by atoms with E-state index >= 15 is 0 Å². The number of rotatable bonds is 2. The summed E-state index contributed by atoms with van der Waals surface area (Å²) >= 11 is 0. The van der Waals surface area contributed by atoms with E-state index < -0.39 is 16.2 Å². The normalized spacial score (nSPS) is 18.8. The molecule has 0 radical (unpaired) electrons. The number of nitro benzene ring substituents is 1. The number of nitro groups is 1. The van der Waals surface area contributed by atoms with E-state index in [1.807, 2.05) is 6.07 Å². The number of carbonyl (C=O) groups is 1. The number of nitrogens with one attached hydrogen (secondary N) is 1. The zero-order chi connectivity index (χ0) is 21.9. The fourth-order valence-corrected chi connectivity index (χ4v) is 4.17. The molecule has 2 aliphatic rings. The Morgan fingerprint density at radius 3 is 2.84 bits per heavy atom. The van der Waals surface area contributed by atoms with Crippen LogP contribution in [0.3, 0.4) is 0 Å². The van der Waals surface area contributed by atoms with E-state index in [2.05, 4.69) is 15.4 Å². The first-order valence-corrected chi connectivity index (χ1v) is 9.09. The Bertz CT molecular complexity index is 1370. The van der Waals surface area contributed by atoms with Crippen LogP contribution in [0.1, 0.15) is 16.8 Å². The Morgan fingerprint density at radius 1 is 1.35 bits per heavy atom. The Kier molecular flexibility index (Phi) is 3.63. The van der Waals surface area contributed by atoms with E-state index in [1.165, 1.54) is 22.9 Å². The number of carbonyl (C=O) groups excluding carboxylic acids is 1. The molecule has 0 saturated heterocycles. The van der Waals surface area contributed by atoms with Gasteiger partial charge in [0.25, 0.3) is 5.69 Å². The van der Waals surface area contributed by atoms with Gasteiger partial charge in [-0.2, -0.15) is 15.0 Å². The molecule has 1 aromatic carbocycles. The second kappa shape index (κ2) is 6.14. The van der Waals surface area contributed by atoms with E-state index in [0.717, 1.165) is 0 Å². The molecule has 1 amide bonds. The highest BCUT2D eigenvalue weighted by atomic mass is 16.6. The fraction of sp³-hybridized carbons (Fsp3) is 0.100. The molecule has 11 heteroatoms. The van der Waals surface area contributed by atoms with Gasteiger partial charge in [-0.15, -0.1) is 0 Å². The highest BCUT2D eigenvalue weighted by Gasteiger charge is 2.59. The Balaban J connectivity index is 1.90. The molecule has 31 heavy (non-hydrogen) atoms. The van der Waals surface area contributed by atoms with Crippen LogP contribution in [0.4, 0.5) is 11.4 Å². The van der Waals surface area contributed by atoms with Gasteiger partial charge in [0.05, 0.1) is 16.2 Å². The molecule has 2 aliphatic heterocycles. The van der Waals surface area contributed by atoms with Crippen molar-refractivity contribution < 1.29 is 14.5 Å². The van der Waals surface area contributed by atoms with Gasteiger partial charge in [-0.3, -0.25) is 14.9 Å². The van der Waals surface area contributed by atoms with Crippen LogP contribution in [0.2, 0.25) is 0 Å². The predicted octanol–water partition coefficient (Wildman–Crippen LogP) is 1.81. The zero-order valence-electron chi connectivity index (χ0n) is 16.0. The maximum absolute atomic E-state index is 13.4. The van der Waals surface area contributed by atoms with Gasteiger partial charge >= 0.3 is 0 Å². The molecule has 4 heterocycles. The van der Waals surface area contributed by atoms with Crippen molar-refractivity contribution in [2.75, 3.05) is 5.32 Å². The average Bonchev–Trinajstić information content (AvgIpc) is 3.23. The molecule has 0 aliphatic carbocycles. The molecule has 1 atom stereocenters. The van der Waals surface area contributed by atoms with E-state index in [-0.39, 0.29) is 34.2 Å². The lowest BCUT2D eigenvalue weighted by atomic mass is 9.69. The smallest absolute Gasteiger partial charge is 0.269 e. The zero-order valence-corrected chi connectivity index (χ0v) is 16.0. The molecule has 5 rings (SSSR count). The summed E-state index contributed by atoms with van der Waals surface area (Å²) in [6, 6.07) is 11.1. The lowest BCUT2D eigenvalue weighted by molar-refractivity contribution is -0.384. The van der Waals surface area contributed by atoms with Crippen molar-refractivity contribution in [2.24, 2.45) is 5.73 Å². The largest absolute Gasteiger partial charge is 0.422 e. The third kappa shape index (κ3) is 2.24. The van der Waals surface area contributed by atoms with Crippen LogP contribution in [0.15, 0.2) is 54.1 Å². The number of aryl methyl sites for hydroxylation is 1. The number of non-ortho nitro benzene ring substituents is 1. The van der Waals surface area contributed by atoms with Crippen molar-refractivity contribution in [2.45, 2.75) is 12.3 Å². The molecule has 1 unspecified atom stereocenters. The number of benzene rings is 1. The third-order valence-electron chi connectivity index (χ3n) is 5.41. The van der Waals surface area contributed by atoms with Crippen LogP contribution in [0.5, 0.6) is 5.88 Å². The first-order chi connectivity index (χ1) is 14.9. The highest BCUT2D eigenvalue weighted by Crippen LogP contribution is 2.55. The van der Waals surface area contributed by atoms with Gasteiger partial charge in [0.15, 0.2) is 5.82 Å². The van der Waals surface area contributed by atoms with Gasteiger partial charge in [-0.05, 0) is 25.1 Å². The molecule has 152 valence electrons. The summed E-state index contributed by atoms with van der Waals surface area (Å²) in [6.07, 6.45) is 1.57. The van der Waals surface area contributed by atoms with Gasteiger partial charge in [-0.1, -0.05) is 6.07 Å². The number of hydrogen-bond donors (Lipinski definition) is 2. The number of aromatic nitrogens is 3. The first kappa shape index (κ1) is 18.3. The van der Waals surface area contributed by atoms with Gasteiger partial charge in [0.2, 0.25) is 17.7 Å². The summed E-state index contributed by atoms with van der Waals surface area (Å²) in [5.74, 6) is -0.340. The lowest BCUT2D eigenvalue weighted by Gasteiger charge is -2.32. The molecule has 3 aromatic rings. The molecule has 3 N–H and O–H groups in total. The number of amides is 1. The number of nitrogens with zero attached hydrogens (tertiary/aromatic N) is 5. The lowest BCUT2D eigenvalue weighted by Crippen LogP contribution is -2.42. The van der Waals surface area contributed by atoms with E-state index in [9.17, 15) is 20.2 Å². The van der Waals surface area contributed by atoms with E-state index in [4.69, 9.17) is 10.5 Å². The Hall–Kier alpha value is -4.72. The molecule has 2 aromatic heterocycles. The topological polar surface area (TPSA) is 162 Å². The maximum atomic E-state index is 13.4. The minimum Gasteiger partial charge on any atom is -0.422 e. The average molecular weight is 415 g/mol.